The molecule has 0 radical (unpaired) electrons. The molecule has 1 fully saturated rings. The van der Waals surface area contributed by atoms with Gasteiger partial charge in [-0.25, -0.2) is 0 Å². The average molecular weight is 280 g/mol. The Morgan fingerprint density at radius 3 is 3.00 bits per heavy atom. The molecule has 2 atom stereocenters. The smallest absolute Gasteiger partial charge is 0.307 e. The number of methoxy groups -OCH3 is 1. The molecule has 0 unspecified atom stereocenters. The van der Waals surface area contributed by atoms with Crippen molar-refractivity contribution in [1.82, 2.24) is 20.4 Å². The van der Waals surface area contributed by atoms with E-state index in [0.29, 0.717) is 13.1 Å². The summed E-state index contributed by atoms with van der Waals surface area (Å²) in [6.45, 7) is 1.71. The molecule has 1 amide bonds. The van der Waals surface area contributed by atoms with Crippen molar-refractivity contribution >= 4 is 11.9 Å². The average Bonchev–Trinajstić information content (AvgIpc) is 3.06. The summed E-state index contributed by atoms with van der Waals surface area (Å²) in [6.07, 6.45) is 3.93. The minimum absolute atomic E-state index is 0.0345. The molecule has 7 nitrogen and oxygen atoms in total. The number of aryl methyl sites for hydroxylation is 1. The molecule has 0 saturated carbocycles. The number of hydrogen-bond donors (Lipinski definition) is 2. The first kappa shape index (κ1) is 14.5. The van der Waals surface area contributed by atoms with E-state index in [9.17, 15) is 9.59 Å². The Bertz CT molecular complexity index is 486. The molecule has 2 N–H and O–H groups in total. The molecule has 0 aromatic carbocycles. The fraction of sp³-hybridized carbons (Fsp3) is 0.615. The van der Waals surface area contributed by atoms with Crippen molar-refractivity contribution in [2.45, 2.75) is 12.3 Å². The molecule has 2 rings (SSSR count). The van der Waals surface area contributed by atoms with E-state index < -0.39 is 0 Å². The van der Waals surface area contributed by atoms with E-state index in [1.165, 1.54) is 7.11 Å². The van der Waals surface area contributed by atoms with E-state index in [-0.39, 0.29) is 30.1 Å². The highest BCUT2D eigenvalue weighted by molar-refractivity contribution is 5.81. The maximum atomic E-state index is 12.2. The van der Waals surface area contributed by atoms with Crippen molar-refractivity contribution in [2.75, 3.05) is 26.7 Å². The van der Waals surface area contributed by atoms with Gasteiger partial charge in [-0.3, -0.25) is 14.3 Å². The van der Waals surface area contributed by atoms with Crippen LogP contribution in [0.4, 0.5) is 0 Å². The predicted molar refractivity (Wildman–Crippen MR) is 72.0 cm³/mol. The summed E-state index contributed by atoms with van der Waals surface area (Å²) in [5.41, 5.74) is 1.06. The lowest BCUT2D eigenvalue weighted by atomic mass is 9.90. The molecule has 20 heavy (non-hydrogen) atoms. The second-order valence-electron chi connectivity index (χ2n) is 4.94. The first-order chi connectivity index (χ1) is 9.61. The lowest BCUT2D eigenvalue weighted by Gasteiger charge is -2.16. The number of esters is 1. The zero-order valence-corrected chi connectivity index (χ0v) is 11.8. The van der Waals surface area contributed by atoms with Crippen LogP contribution >= 0.6 is 0 Å². The summed E-state index contributed by atoms with van der Waals surface area (Å²) in [4.78, 5) is 23.2. The van der Waals surface area contributed by atoms with E-state index >= 15 is 0 Å². The van der Waals surface area contributed by atoms with Gasteiger partial charge in [0.05, 0.1) is 25.6 Å². The minimum atomic E-state index is -0.321. The van der Waals surface area contributed by atoms with Crippen molar-refractivity contribution in [3.05, 3.63) is 18.0 Å². The fourth-order valence-electron chi connectivity index (χ4n) is 2.46. The standard InChI is InChI=1S/C13H20N4O3/c1-17-8-9(5-16-17)10-6-14-7-11(10)13(19)15-4-3-12(18)20-2/h5,8,10-11,14H,3-4,6-7H2,1-2H3,(H,15,19)/t10-,11+/m1/s1. The van der Waals surface area contributed by atoms with Crippen LogP contribution in [-0.4, -0.2) is 48.4 Å². The number of ether oxygens (including phenoxy) is 1. The topological polar surface area (TPSA) is 85.2 Å². The van der Waals surface area contributed by atoms with Crippen LogP contribution in [0.1, 0.15) is 17.9 Å². The maximum Gasteiger partial charge on any atom is 0.307 e. The largest absolute Gasteiger partial charge is 0.469 e. The summed E-state index contributed by atoms with van der Waals surface area (Å²) in [7, 11) is 3.20. The molecule has 110 valence electrons. The zero-order valence-electron chi connectivity index (χ0n) is 11.8. The quantitative estimate of drug-likeness (QED) is 0.704. The van der Waals surface area contributed by atoms with Crippen molar-refractivity contribution in [1.29, 1.82) is 0 Å². The van der Waals surface area contributed by atoms with Gasteiger partial charge in [0.1, 0.15) is 0 Å². The number of aromatic nitrogens is 2. The molecule has 1 aromatic heterocycles. The highest BCUT2D eigenvalue weighted by Crippen LogP contribution is 2.27. The van der Waals surface area contributed by atoms with Crippen molar-refractivity contribution in [3.63, 3.8) is 0 Å². The summed E-state index contributed by atoms with van der Waals surface area (Å²) in [6, 6.07) is 0. The van der Waals surface area contributed by atoms with Crippen molar-refractivity contribution in [3.8, 4) is 0 Å². The van der Waals surface area contributed by atoms with E-state index in [2.05, 4.69) is 20.5 Å². The molecular formula is C13H20N4O3. The molecule has 1 saturated heterocycles. The van der Waals surface area contributed by atoms with Gasteiger partial charge in [-0.15, -0.1) is 0 Å². The van der Waals surface area contributed by atoms with Crippen LogP contribution in [0.15, 0.2) is 12.4 Å². The van der Waals surface area contributed by atoms with Gasteiger partial charge < -0.3 is 15.4 Å². The second-order valence-corrected chi connectivity index (χ2v) is 4.94. The van der Waals surface area contributed by atoms with E-state index in [4.69, 9.17) is 0 Å². The van der Waals surface area contributed by atoms with Crippen LogP contribution in [0.3, 0.4) is 0 Å². The number of nitrogens with zero attached hydrogens (tertiary/aromatic N) is 2. The molecule has 1 aromatic rings. The molecule has 7 heteroatoms. The summed E-state index contributed by atoms with van der Waals surface area (Å²) >= 11 is 0. The highest BCUT2D eigenvalue weighted by atomic mass is 16.5. The van der Waals surface area contributed by atoms with Crippen molar-refractivity contribution < 1.29 is 14.3 Å². The summed E-state index contributed by atoms with van der Waals surface area (Å²) in [5.74, 6) is -0.356. The Kier molecular flexibility index (Phi) is 4.73. The van der Waals surface area contributed by atoms with Gasteiger partial charge in [0.15, 0.2) is 0 Å². The van der Waals surface area contributed by atoms with Gasteiger partial charge in [0.2, 0.25) is 5.91 Å². The van der Waals surface area contributed by atoms with Gasteiger partial charge in [-0.1, -0.05) is 0 Å². The van der Waals surface area contributed by atoms with Crippen LogP contribution in [0.5, 0.6) is 0 Å². The fourth-order valence-corrected chi connectivity index (χ4v) is 2.46. The third kappa shape index (κ3) is 3.36. The van der Waals surface area contributed by atoms with Crippen LogP contribution in [0.2, 0.25) is 0 Å². The number of rotatable bonds is 5. The predicted octanol–water partition coefficient (Wildman–Crippen LogP) is -0.598. The Morgan fingerprint density at radius 2 is 2.35 bits per heavy atom. The molecular weight excluding hydrogens is 260 g/mol. The van der Waals surface area contributed by atoms with Crippen LogP contribution in [-0.2, 0) is 21.4 Å². The van der Waals surface area contributed by atoms with Gasteiger partial charge in [-0.05, 0) is 5.56 Å². The Balaban J connectivity index is 1.90. The van der Waals surface area contributed by atoms with Crippen LogP contribution in [0.25, 0.3) is 0 Å². The number of carbonyl (C=O) groups excluding carboxylic acids is 2. The molecule has 1 aliphatic heterocycles. The SMILES string of the molecule is COC(=O)CCNC(=O)[C@H]1CNC[C@@H]1c1cnn(C)c1. The molecule has 0 spiro atoms. The van der Waals surface area contributed by atoms with Gasteiger partial charge in [0.25, 0.3) is 0 Å². The normalized spacial score (nSPS) is 21.7. The van der Waals surface area contributed by atoms with Gasteiger partial charge in [-0.2, -0.15) is 5.10 Å². The maximum absolute atomic E-state index is 12.2. The van der Waals surface area contributed by atoms with Gasteiger partial charge >= 0.3 is 5.97 Å². The summed E-state index contributed by atoms with van der Waals surface area (Å²) < 4.78 is 6.27. The number of hydrogen-bond acceptors (Lipinski definition) is 5. The monoisotopic (exact) mass is 280 g/mol. The van der Waals surface area contributed by atoms with Crippen LogP contribution < -0.4 is 10.6 Å². The number of amides is 1. The molecule has 0 aliphatic carbocycles. The first-order valence-electron chi connectivity index (χ1n) is 6.65. The number of nitrogens with one attached hydrogen (secondary N) is 2. The number of carbonyl (C=O) groups is 2. The summed E-state index contributed by atoms with van der Waals surface area (Å²) in [5, 5.41) is 10.2. The van der Waals surface area contributed by atoms with Crippen LogP contribution in [0, 0.1) is 5.92 Å². The zero-order chi connectivity index (χ0) is 14.5. The third-order valence-electron chi connectivity index (χ3n) is 3.56. The molecule has 2 heterocycles. The second kappa shape index (κ2) is 6.51. The highest BCUT2D eigenvalue weighted by Gasteiger charge is 2.34. The lowest BCUT2D eigenvalue weighted by Crippen LogP contribution is -2.35. The Hall–Kier alpha value is -1.89. The van der Waals surface area contributed by atoms with E-state index in [1.54, 1.807) is 10.9 Å². The molecule has 1 aliphatic rings. The Labute approximate surface area is 117 Å². The van der Waals surface area contributed by atoms with Gasteiger partial charge in [0, 0.05) is 38.8 Å². The van der Waals surface area contributed by atoms with E-state index in [1.807, 2.05) is 13.2 Å². The Morgan fingerprint density at radius 1 is 1.55 bits per heavy atom. The first-order valence-corrected chi connectivity index (χ1v) is 6.65. The minimum Gasteiger partial charge on any atom is -0.469 e. The third-order valence-corrected chi connectivity index (χ3v) is 3.56. The van der Waals surface area contributed by atoms with E-state index in [0.717, 1.165) is 12.1 Å². The lowest BCUT2D eigenvalue weighted by molar-refractivity contribution is -0.140. The van der Waals surface area contributed by atoms with Crippen molar-refractivity contribution in [2.24, 2.45) is 13.0 Å². The molecule has 0 bridgehead atoms.